The molecule has 0 bridgehead atoms. The molecular formula is C13H18N4O6S. The average molecular weight is 358 g/mol. The van der Waals surface area contributed by atoms with Crippen molar-refractivity contribution in [2.24, 2.45) is 4.99 Å². The van der Waals surface area contributed by atoms with E-state index in [1.54, 1.807) is 6.07 Å². The normalized spacial score (nSPS) is 11.0. The van der Waals surface area contributed by atoms with Crippen LogP contribution in [-0.2, 0) is 16.0 Å². The van der Waals surface area contributed by atoms with Crippen LogP contribution in [0.15, 0.2) is 11.1 Å². The van der Waals surface area contributed by atoms with E-state index >= 15 is 0 Å². The van der Waals surface area contributed by atoms with Crippen molar-refractivity contribution in [1.82, 2.24) is 5.32 Å². The molecule has 0 atom stereocenters. The third-order valence-electron chi connectivity index (χ3n) is 2.68. The minimum Gasteiger partial charge on any atom is -0.481 e. The minimum absolute atomic E-state index is 0.110. The smallest absolute Gasteiger partial charge is 0.413 e. The number of aliphatic carboxylic acids is 1. The van der Waals surface area contributed by atoms with Crippen molar-refractivity contribution in [3.05, 3.63) is 21.1 Å². The SMILES string of the molecule is CCCc1cc(NC(=NCCC(=O)O)NC(=O)OC)c([N+](=O)[O-])s1. The number of anilines is 1. The summed E-state index contributed by atoms with van der Waals surface area (Å²) in [4.78, 5) is 37.2. The van der Waals surface area contributed by atoms with Gasteiger partial charge in [0.25, 0.3) is 0 Å². The molecule has 0 fully saturated rings. The summed E-state index contributed by atoms with van der Waals surface area (Å²) in [5, 5.41) is 24.6. The Kier molecular flexibility index (Phi) is 7.62. The van der Waals surface area contributed by atoms with E-state index in [4.69, 9.17) is 5.11 Å². The summed E-state index contributed by atoms with van der Waals surface area (Å²) in [6, 6.07) is 1.61. The molecule has 11 heteroatoms. The summed E-state index contributed by atoms with van der Waals surface area (Å²) in [5.41, 5.74) is 0.180. The molecule has 1 aromatic rings. The van der Waals surface area contributed by atoms with Gasteiger partial charge in [-0.2, -0.15) is 0 Å². The molecular weight excluding hydrogens is 340 g/mol. The molecule has 1 heterocycles. The van der Waals surface area contributed by atoms with Crippen LogP contribution in [0.5, 0.6) is 0 Å². The van der Waals surface area contributed by atoms with Gasteiger partial charge < -0.3 is 15.2 Å². The van der Waals surface area contributed by atoms with Gasteiger partial charge >= 0.3 is 17.1 Å². The summed E-state index contributed by atoms with van der Waals surface area (Å²) in [5.74, 6) is -1.17. The molecule has 0 aliphatic carbocycles. The van der Waals surface area contributed by atoms with Crippen molar-refractivity contribution in [2.45, 2.75) is 26.2 Å². The summed E-state index contributed by atoms with van der Waals surface area (Å²) in [7, 11) is 1.15. The Bertz CT molecular complexity index is 642. The first-order chi connectivity index (χ1) is 11.4. The number of aryl methyl sites for hydroxylation is 1. The van der Waals surface area contributed by atoms with Gasteiger partial charge in [0.2, 0.25) is 5.96 Å². The Morgan fingerprint density at radius 3 is 2.75 bits per heavy atom. The maximum Gasteiger partial charge on any atom is 0.413 e. The number of nitrogens with one attached hydrogen (secondary N) is 2. The number of methoxy groups -OCH3 is 1. The second-order valence-electron chi connectivity index (χ2n) is 4.55. The van der Waals surface area contributed by atoms with E-state index in [0.717, 1.165) is 29.7 Å². The van der Waals surface area contributed by atoms with E-state index in [1.165, 1.54) is 0 Å². The van der Waals surface area contributed by atoms with Gasteiger partial charge in [0, 0.05) is 4.88 Å². The fourth-order valence-corrected chi connectivity index (χ4v) is 2.70. The largest absolute Gasteiger partial charge is 0.481 e. The van der Waals surface area contributed by atoms with Crippen molar-refractivity contribution in [1.29, 1.82) is 0 Å². The van der Waals surface area contributed by atoms with Gasteiger partial charge in [0.05, 0.1) is 25.0 Å². The van der Waals surface area contributed by atoms with Crippen molar-refractivity contribution in [3.8, 4) is 0 Å². The fourth-order valence-electron chi connectivity index (χ4n) is 1.68. The summed E-state index contributed by atoms with van der Waals surface area (Å²) < 4.78 is 4.45. The molecule has 0 spiro atoms. The van der Waals surface area contributed by atoms with Gasteiger partial charge in [-0.1, -0.05) is 24.7 Å². The molecule has 0 unspecified atom stereocenters. The van der Waals surface area contributed by atoms with Crippen LogP contribution in [0.1, 0.15) is 24.6 Å². The van der Waals surface area contributed by atoms with E-state index in [-0.39, 0.29) is 29.6 Å². The number of rotatable bonds is 7. The zero-order chi connectivity index (χ0) is 18.1. The van der Waals surface area contributed by atoms with Gasteiger partial charge in [0.1, 0.15) is 5.69 Å². The lowest BCUT2D eigenvalue weighted by Gasteiger charge is -2.09. The van der Waals surface area contributed by atoms with Crippen LogP contribution in [0, 0.1) is 10.1 Å². The first-order valence-corrected chi connectivity index (χ1v) is 7.84. The Morgan fingerprint density at radius 1 is 1.50 bits per heavy atom. The predicted molar refractivity (Wildman–Crippen MR) is 88.7 cm³/mol. The quantitative estimate of drug-likeness (QED) is 0.293. The van der Waals surface area contributed by atoms with E-state index in [9.17, 15) is 19.7 Å². The number of guanidine groups is 1. The number of carbonyl (C=O) groups is 2. The number of ether oxygens (including phenoxy) is 1. The zero-order valence-corrected chi connectivity index (χ0v) is 14.0. The topological polar surface area (TPSA) is 143 Å². The molecule has 24 heavy (non-hydrogen) atoms. The fraction of sp³-hybridized carbons (Fsp3) is 0.462. The summed E-state index contributed by atoms with van der Waals surface area (Å²) in [6.07, 6.45) is 0.435. The maximum atomic E-state index is 11.3. The number of amides is 1. The molecule has 0 saturated heterocycles. The van der Waals surface area contributed by atoms with Crippen LogP contribution in [0.4, 0.5) is 15.5 Å². The molecule has 1 aromatic heterocycles. The summed E-state index contributed by atoms with van der Waals surface area (Å²) in [6.45, 7) is 1.84. The highest BCUT2D eigenvalue weighted by Gasteiger charge is 2.21. The highest BCUT2D eigenvalue weighted by Crippen LogP contribution is 2.35. The van der Waals surface area contributed by atoms with E-state index in [2.05, 4.69) is 20.4 Å². The molecule has 0 saturated carbocycles. The molecule has 0 aliphatic heterocycles. The van der Waals surface area contributed by atoms with Gasteiger partial charge in [-0.25, -0.2) is 4.79 Å². The lowest BCUT2D eigenvalue weighted by molar-refractivity contribution is -0.379. The predicted octanol–water partition coefficient (Wildman–Crippen LogP) is 2.21. The monoisotopic (exact) mass is 358 g/mol. The van der Waals surface area contributed by atoms with Gasteiger partial charge in [-0.15, -0.1) is 0 Å². The molecule has 132 valence electrons. The van der Waals surface area contributed by atoms with E-state index < -0.39 is 17.0 Å². The molecule has 0 radical (unpaired) electrons. The van der Waals surface area contributed by atoms with Crippen molar-refractivity contribution < 1.29 is 24.4 Å². The minimum atomic E-state index is -1.05. The third kappa shape index (κ3) is 6.20. The number of carbonyl (C=O) groups excluding carboxylic acids is 1. The van der Waals surface area contributed by atoms with Crippen molar-refractivity contribution in [3.63, 3.8) is 0 Å². The number of hydrogen-bond donors (Lipinski definition) is 3. The van der Waals surface area contributed by atoms with Gasteiger partial charge in [0.15, 0.2) is 0 Å². The van der Waals surface area contributed by atoms with Crippen LogP contribution >= 0.6 is 11.3 Å². The first kappa shape index (κ1) is 19.4. The average Bonchev–Trinajstić information content (AvgIpc) is 2.89. The molecule has 1 amide bonds. The number of aliphatic imine (C=N–C) groups is 1. The summed E-state index contributed by atoms with van der Waals surface area (Å²) >= 11 is 1.03. The van der Waals surface area contributed by atoms with E-state index in [0.29, 0.717) is 6.42 Å². The maximum absolute atomic E-state index is 11.3. The zero-order valence-electron chi connectivity index (χ0n) is 13.2. The highest BCUT2D eigenvalue weighted by molar-refractivity contribution is 7.16. The number of carboxylic acids is 1. The Balaban J connectivity index is 3.01. The lowest BCUT2D eigenvalue weighted by atomic mass is 10.3. The Labute approximate surface area is 141 Å². The van der Waals surface area contributed by atoms with Crippen LogP contribution in [-0.4, -0.2) is 41.7 Å². The number of nitro groups is 1. The number of thiophene rings is 1. The number of alkyl carbamates (subject to hydrolysis) is 1. The molecule has 10 nitrogen and oxygen atoms in total. The lowest BCUT2D eigenvalue weighted by Crippen LogP contribution is -2.36. The number of nitrogens with zero attached hydrogens (tertiary/aromatic N) is 2. The van der Waals surface area contributed by atoms with Crippen LogP contribution < -0.4 is 10.6 Å². The standard InChI is InChI=1S/C13H18N4O6S/c1-3-4-8-7-9(11(24-8)17(21)22)15-12(16-13(20)23-2)14-6-5-10(18)19/h7H,3-6H2,1-2H3,(H,18,19)(H2,14,15,16,20). The van der Waals surface area contributed by atoms with Crippen LogP contribution in [0.2, 0.25) is 0 Å². The van der Waals surface area contributed by atoms with Crippen LogP contribution in [0.3, 0.4) is 0 Å². The van der Waals surface area contributed by atoms with Gasteiger partial charge in [-0.3, -0.25) is 25.2 Å². The number of hydrogen-bond acceptors (Lipinski definition) is 7. The van der Waals surface area contributed by atoms with Crippen LogP contribution in [0.25, 0.3) is 0 Å². The second-order valence-corrected chi connectivity index (χ2v) is 5.67. The third-order valence-corrected chi connectivity index (χ3v) is 3.83. The highest BCUT2D eigenvalue weighted by atomic mass is 32.1. The first-order valence-electron chi connectivity index (χ1n) is 7.02. The van der Waals surface area contributed by atoms with Crippen molar-refractivity contribution >= 4 is 40.0 Å². The molecule has 0 aromatic carbocycles. The molecule has 3 N–H and O–H groups in total. The van der Waals surface area contributed by atoms with Gasteiger partial charge in [-0.05, 0) is 12.5 Å². The number of carboxylic acid groups (broad SMARTS) is 1. The van der Waals surface area contributed by atoms with E-state index in [1.807, 2.05) is 6.92 Å². The second kappa shape index (κ2) is 9.45. The Hall–Kier alpha value is -2.69. The molecule has 0 aliphatic rings. The molecule has 1 rings (SSSR count). The Morgan fingerprint density at radius 2 is 2.21 bits per heavy atom. The van der Waals surface area contributed by atoms with Crippen molar-refractivity contribution in [2.75, 3.05) is 19.0 Å².